The highest BCUT2D eigenvalue weighted by Crippen LogP contribution is 2.50. The van der Waals surface area contributed by atoms with Crippen LogP contribution in [-0.4, -0.2) is 95.6 Å². The summed E-state index contributed by atoms with van der Waals surface area (Å²) in [6.07, 6.45) is 19.5. The maximum Gasteiger partial charge on any atom is 0.0125 e. The van der Waals surface area contributed by atoms with Gasteiger partial charge in [-0.05, 0) is 149 Å². The maximum absolute atomic E-state index is 2.65. The third-order valence-electron chi connectivity index (χ3n) is 13.0. The van der Waals surface area contributed by atoms with Crippen molar-refractivity contribution in [3.05, 3.63) is 0 Å². The van der Waals surface area contributed by atoms with Gasteiger partial charge in [-0.1, -0.05) is 46.5 Å². The Balaban J connectivity index is 0.000000161. The lowest BCUT2D eigenvalue weighted by Gasteiger charge is -2.57. The molecule has 260 valence electrons. The summed E-state index contributed by atoms with van der Waals surface area (Å²) < 4.78 is 0. The van der Waals surface area contributed by atoms with Gasteiger partial charge in [-0.3, -0.25) is 14.7 Å². The van der Waals surface area contributed by atoms with Crippen molar-refractivity contribution in [1.29, 1.82) is 0 Å². The van der Waals surface area contributed by atoms with Crippen LogP contribution in [0.3, 0.4) is 0 Å². The molecule has 0 aromatic rings. The minimum Gasteiger partial charge on any atom is -0.300 e. The van der Waals surface area contributed by atoms with Crippen molar-refractivity contribution in [2.45, 2.75) is 184 Å². The fraction of sp³-hybridized carbons (Fsp3) is 1.00. The summed E-state index contributed by atoms with van der Waals surface area (Å²) in [5.74, 6) is 0.956. The zero-order valence-electron chi connectivity index (χ0n) is 30.9. The average molecular weight is 617 g/mol. The van der Waals surface area contributed by atoms with Crippen LogP contribution in [-0.2, 0) is 0 Å². The van der Waals surface area contributed by atoms with Crippen LogP contribution < -0.4 is 0 Å². The molecule has 0 unspecified atom stereocenters. The van der Waals surface area contributed by atoms with Crippen LogP contribution >= 0.6 is 0 Å². The summed E-state index contributed by atoms with van der Waals surface area (Å²) in [5, 5.41) is 0. The lowest BCUT2D eigenvalue weighted by molar-refractivity contribution is -0.0758. The zero-order valence-corrected chi connectivity index (χ0v) is 30.9. The van der Waals surface area contributed by atoms with Gasteiger partial charge in [0.1, 0.15) is 0 Å². The van der Waals surface area contributed by atoms with Crippen molar-refractivity contribution < 1.29 is 0 Å². The Morgan fingerprint density at radius 2 is 0.864 bits per heavy atom. The van der Waals surface area contributed by atoms with E-state index in [1.54, 1.807) is 0 Å². The Labute approximate surface area is 277 Å². The summed E-state index contributed by atoms with van der Waals surface area (Å²) in [5.41, 5.74) is 2.81. The molecule has 0 atom stereocenters. The van der Waals surface area contributed by atoms with Gasteiger partial charge >= 0.3 is 0 Å². The molecule has 4 heteroatoms. The highest BCUT2D eigenvalue weighted by molar-refractivity contribution is 5.01. The molecule has 3 spiro atoms. The Hall–Kier alpha value is -0.160. The predicted octanol–water partition coefficient (Wildman–Crippen LogP) is 9.58. The van der Waals surface area contributed by atoms with Crippen LogP contribution in [0.2, 0.25) is 0 Å². The van der Waals surface area contributed by atoms with Gasteiger partial charge in [-0.2, -0.15) is 0 Å². The van der Waals surface area contributed by atoms with Crippen molar-refractivity contribution in [3.8, 4) is 0 Å². The van der Waals surface area contributed by atoms with Crippen molar-refractivity contribution in [2.75, 3.05) is 52.4 Å². The number of nitrogens with zero attached hydrogens (tertiary/aromatic N) is 4. The second-order valence-corrected chi connectivity index (χ2v) is 18.6. The molecule has 3 saturated carbocycles. The fourth-order valence-electron chi connectivity index (χ4n) is 8.97. The van der Waals surface area contributed by atoms with Crippen molar-refractivity contribution >= 4 is 0 Å². The monoisotopic (exact) mass is 617 g/mol. The fourth-order valence-corrected chi connectivity index (χ4v) is 8.97. The Morgan fingerprint density at radius 3 is 1.11 bits per heavy atom. The SMILES string of the molecule is C.CC(C)(C)N1CCC2(CCC2)CC1.CC(C)N1CC2(CCC2)C1.CC(C)N1CC2(CCCCC2)C1.CC1CN(C(C)C)C1. The molecule has 7 fully saturated rings. The molecule has 3 aliphatic carbocycles. The molecule has 0 N–H and O–H groups in total. The van der Waals surface area contributed by atoms with Crippen LogP contribution in [0.1, 0.15) is 160 Å². The van der Waals surface area contributed by atoms with Gasteiger partial charge in [0.25, 0.3) is 0 Å². The maximum atomic E-state index is 2.65. The van der Waals surface area contributed by atoms with E-state index in [1.807, 2.05) is 0 Å². The predicted molar refractivity (Wildman–Crippen MR) is 195 cm³/mol. The molecule has 0 amide bonds. The van der Waals surface area contributed by atoms with E-state index in [-0.39, 0.29) is 7.43 Å². The van der Waals surface area contributed by atoms with Crippen LogP contribution in [0.25, 0.3) is 0 Å². The second-order valence-electron chi connectivity index (χ2n) is 18.6. The van der Waals surface area contributed by atoms with Crippen LogP contribution in [0.4, 0.5) is 0 Å². The molecule has 7 aliphatic rings. The first-order chi connectivity index (χ1) is 20.2. The van der Waals surface area contributed by atoms with E-state index in [4.69, 9.17) is 0 Å². The molecule has 4 aliphatic heterocycles. The summed E-state index contributed by atoms with van der Waals surface area (Å²) in [6, 6.07) is 2.33. The third-order valence-corrected chi connectivity index (χ3v) is 13.0. The Bertz CT molecular complexity index is 795. The van der Waals surface area contributed by atoms with Crippen LogP contribution in [0.5, 0.6) is 0 Å². The van der Waals surface area contributed by atoms with Gasteiger partial charge in [0.05, 0.1) is 0 Å². The lowest BCUT2D eigenvalue weighted by Crippen LogP contribution is -2.61. The van der Waals surface area contributed by atoms with Crippen LogP contribution in [0.15, 0.2) is 0 Å². The van der Waals surface area contributed by atoms with Gasteiger partial charge in [0, 0.05) is 62.9 Å². The molecule has 44 heavy (non-hydrogen) atoms. The van der Waals surface area contributed by atoms with Crippen molar-refractivity contribution in [1.82, 2.24) is 19.6 Å². The average Bonchev–Trinajstić information content (AvgIpc) is 2.83. The van der Waals surface area contributed by atoms with Gasteiger partial charge < -0.3 is 4.90 Å². The number of likely N-dealkylation sites (tertiary alicyclic amines) is 4. The number of piperidine rings is 1. The summed E-state index contributed by atoms with van der Waals surface area (Å²) in [6.45, 7) is 33.9. The van der Waals surface area contributed by atoms with E-state index in [0.717, 1.165) is 40.3 Å². The zero-order chi connectivity index (χ0) is 31.5. The normalized spacial score (nSPS) is 27.8. The van der Waals surface area contributed by atoms with Gasteiger partial charge in [0.15, 0.2) is 0 Å². The number of hydrogen-bond acceptors (Lipinski definition) is 4. The van der Waals surface area contributed by atoms with E-state index in [9.17, 15) is 0 Å². The van der Waals surface area contributed by atoms with Crippen LogP contribution in [0, 0.1) is 22.2 Å². The lowest BCUT2D eigenvalue weighted by atomic mass is 9.63. The molecule has 0 aromatic carbocycles. The first kappa shape index (κ1) is 38.3. The molecule has 4 saturated heterocycles. The second kappa shape index (κ2) is 15.8. The van der Waals surface area contributed by atoms with E-state index in [0.29, 0.717) is 5.54 Å². The first-order valence-corrected chi connectivity index (χ1v) is 19.1. The van der Waals surface area contributed by atoms with Crippen molar-refractivity contribution in [2.24, 2.45) is 22.2 Å². The first-order valence-electron chi connectivity index (χ1n) is 19.1. The standard InChI is InChI=1S/C12H23N.C11H21N.C9H17N.C7H15N.CH4/c1-11(2,3)13-9-7-12(8-10-13)5-4-6-12;1-10(2)12-8-11(9-12)6-4-3-5-7-11;1-8(2)10-6-9(7-10)4-3-5-9;1-6(2)8-4-7(3)5-8;/h4-10H2,1-3H3;10H,3-9H2,1-2H3;8H,3-7H2,1-2H3;6-7H,4-5H2,1-3H3;1H4. The number of rotatable bonds is 3. The van der Waals surface area contributed by atoms with E-state index < -0.39 is 0 Å². The molecular formula is C40H80N4. The topological polar surface area (TPSA) is 13.0 Å². The quantitative estimate of drug-likeness (QED) is 0.313. The number of hydrogen-bond donors (Lipinski definition) is 0. The molecule has 7 rings (SSSR count). The molecule has 4 nitrogen and oxygen atoms in total. The minimum atomic E-state index is 0. The molecule has 4 heterocycles. The molecule has 0 bridgehead atoms. The van der Waals surface area contributed by atoms with E-state index >= 15 is 0 Å². The van der Waals surface area contributed by atoms with Gasteiger partial charge in [-0.25, -0.2) is 0 Å². The highest BCUT2D eigenvalue weighted by Gasteiger charge is 2.47. The molecule has 0 radical (unpaired) electrons. The Kier molecular flexibility index (Phi) is 13.8. The van der Waals surface area contributed by atoms with E-state index in [2.05, 4.69) is 88.8 Å². The molecular weight excluding hydrogens is 536 g/mol. The van der Waals surface area contributed by atoms with E-state index in [1.165, 1.54) is 136 Å². The minimum absolute atomic E-state index is 0. The molecule has 0 aromatic heterocycles. The highest BCUT2D eigenvalue weighted by atomic mass is 15.2. The third kappa shape index (κ3) is 9.93. The summed E-state index contributed by atoms with van der Waals surface area (Å²) in [7, 11) is 0. The van der Waals surface area contributed by atoms with Crippen molar-refractivity contribution in [3.63, 3.8) is 0 Å². The van der Waals surface area contributed by atoms with Gasteiger partial charge in [-0.15, -0.1) is 0 Å². The Morgan fingerprint density at radius 1 is 0.500 bits per heavy atom. The summed E-state index contributed by atoms with van der Waals surface area (Å²) >= 11 is 0. The summed E-state index contributed by atoms with van der Waals surface area (Å²) in [4.78, 5) is 10.3. The largest absolute Gasteiger partial charge is 0.300 e. The van der Waals surface area contributed by atoms with Gasteiger partial charge in [0.2, 0.25) is 0 Å². The smallest absolute Gasteiger partial charge is 0.0125 e.